The van der Waals surface area contributed by atoms with Gasteiger partial charge in [0.1, 0.15) is 0 Å². The van der Waals surface area contributed by atoms with Crippen LogP contribution in [0, 0.1) is 0 Å². The Morgan fingerprint density at radius 1 is 1.36 bits per heavy atom. The smallest absolute Gasteiger partial charge is 0.152 e. The molecule has 76 valence electrons. The number of hydrogen-bond donors (Lipinski definition) is 0. The molecule has 2 heteroatoms. The molecule has 0 saturated carbocycles. The number of rotatable bonds is 2. The molecule has 1 heterocycles. The maximum Gasteiger partial charge on any atom is 0.152 e. The van der Waals surface area contributed by atoms with Gasteiger partial charge in [-0.05, 0) is 37.7 Å². The highest BCUT2D eigenvalue weighted by atomic mass is 16.1. The van der Waals surface area contributed by atoms with E-state index in [9.17, 15) is 4.79 Å². The number of aromatic nitrogens is 1. The summed E-state index contributed by atoms with van der Waals surface area (Å²) in [6.07, 6.45) is 6.75. The van der Waals surface area contributed by atoms with Crippen molar-refractivity contribution in [3.63, 3.8) is 0 Å². The van der Waals surface area contributed by atoms with Crippen LogP contribution < -0.4 is 0 Å². The van der Waals surface area contributed by atoms with Gasteiger partial charge in [-0.1, -0.05) is 6.92 Å². The van der Waals surface area contributed by atoms with Gasteiger partial charge in [-0.25, -0.2) is 0 Å². The molecule has 1 aliphatic rings. The van der Waals surface area contributed by atoms with E-state index in [2.05, 4.69) is 18.5 Å². The molecule has 2 rings (SSSR count). The van der Waals surface area contributed by atoms with Crippen molar-refractivity contribution in [2.75, 3.05) is 0 Å². The van der Waals surface area contributed by atoms with Crippen molar-refractivity contribution in [2.24, 2.45) is 7.05 Å². The minimum Gasteiger partial charge on any atom is -0.351 e. The third kappa shape index (κ3) is 1.21. The van der Waals surface area contributed by atoms with Crippen molar-refractivity contribution in [3.05, 3.63) is 22.5 Å². The molecule has 0 aromatic carbocycles. The second-order valence-electron chi connectivity index (χ2n) is 4.02. The summed E-state index contributed by atoms with van der Waals surface area (Å²) in [6, 6.07) is 0. The zero-order chi connectivity index (χ0) is 10.1. The molecule has 0 unspecified atom stereocenters. The van der Waals surface area contributed by atoms with E-state index in [0.717, 1.165) is 31.1 Å². The van der Waals surface area contributed by atoms with Crippen molar-refractivity contribution in [1.82, 2.24) is 4.57 Å². The summed E-state index contributed by atoms with van der Waals surface area (Å²) < 4.78 is 2.23. The Morgan fingerprint density at radius 2 is 2.07 bits per heavy atom. The first kappa shape index (κ1) is 9.50. The molecule has 0 amide bonds. The summed E-state index contributed by atoms with van der Waals surface area (Å²) in [5, 5.41) is 0. The average Bonchev–Trinajstić information content (AvgIpc) is 2.51. The van der Waals surface area contributed by atoms with E-state index in [1.807, 2.05) is 0 Å². The topological polar surface area (TPSA) is 22.0 Å². The molecule has 0 N–H and O–H groups in total. The van der Waals surface area contributed by atoms with E-state index < -0.39 is 0 Å². The predicted molar refractivity (Wildman–Crippen MR) is 56.8 cm³/mol. The third-order valence-electron chi connectivity index (χ3n) is 3.34. The summed E-state index contributed by atoms with van der Waals surface area (Å²) in [6.45, 7) is 2.12. The van der Waals surface area contributed by atoms with Crippen LogP contribution in [0.2, 0.25) is 0 Å². The van der Waals surface area contributed by atoms with Gasteiger partial charge in [0.25, 0.3) is 0 Å². The van der Waals surface area contributed by atoms with Gasteiger partial charge in [0, 0.05) is 24.0 Å². The van der Waals surface area contributed by atoms with Crippen LogP contribution in [0.1, 0.15) is 47.1 Å². The van der Waals surface area contributed by atoms with Crippen LogP contribution in [0.15, 0.2) is 0 Å². The second kappa shape index (κ2) is 3.60. The lowest BCUT2D eigenvalue weighted by Crippen LogP contribution is -2.06. The minimum absolute atomic E-state index is 0.956. The van der Waals surface area contributed by atoms with Crippen LogP contribution in [-0.4, -0.2) is 10.9 Å². The summed E-state index contributed by atoms with van der Waals surface area (Å²) in [5.74, 6) is 0. The van der Waals surface area contributed by atoms with Gasteiger partial charge >= 0.3 is 0 Å². The molecule has 0 fully saturated rings. The fourth-order valence-corrected chi connectivity index (χ4v) is 2.63. The molecule has 0 atom stereocenters. The Bertz CT molecular complexity index is 363. The monoisotopic (exact) mass is 191 g/mol. The van der Waals surface area contributed by atoms with Crippen LogP contribution in [0.4, 0.5) is 0 Å². The first-order valence-corrected chi connectivity index (χ1v) is 5.44. The molecule has 2 nitrogen and oxygen atoms in total. The number of fused-ring (bicyclic) bond motifs is 1. The molecule has 1 aliphatic carbocycles. The Balaban J connectivity index is 2.61. The van der Waals surface area contributed by atoms with Gasteiger partial charge < -0.3 is 4.57 Å². The Hall–Kier alpha value is -1.05. The third-order valence-corrected chi connectivity index (χ3v) is 3.34. The van der Waals surface area contributed by atoms with Gasteiger partial charge in [0.15, 0.2) is 6.29 Å². The number of carbonyl (C=O) groups excluding carboxylic acids is 1. The van der Waals surface area contributed by atoms with Crippen molar-refractivity contribution in [1.29, 1.82) is 0 Å². The largest absolute Gasteiger partial charge is 0.351 e. The van der Waals surface area contributed by atoms with E-state index in [-0.39, 0.29) is 0 Å². The second-order valence-corrected chi connectivity index (χ2v) is 4.02. The molecular weight excluding hydrogens is 174 g/mol. The first-order chi connectivity index (χ1) is 6.79. The molecule has 0 spiro atoms. The maximum atomic E-state index is 11.1. The maximum absolute atomic E-state index is 11.1. The zero-order valence-electron chi connectivity index (χ0n) is 8.97. The van der Waals surface area contributed by atoms with Crippen LogP contribution >= 0.6 is 0 Å². The summed E-state index contributed by atoms with van der Waals surface area (Å²) in [7, 11) is 2.09. The van der Waals surface area contributed by atoms with E-state index in [0.29, 0.717) is 0 Å². The molecule has 0 aliphatic heterocycles. The first-order valence-electron chi connectivity index (χ1n) is 5.44. The normalized spacial score (nSPS) is 15.3. The van der Waals surface area contributed by atoms with E-state index in [4.69, 9.17) is 0 Å². The lowest BCUT2D eigenvalue weighted by molar-refractivity contribution is 0.112. The Morgan fingerprint density at radius 3 is 2.71 bits per heavy atom. The predicted octanol–water partition coefficient (Wildman–Crippen LogP) is 2.28. The van der Waals surface area contributed by atoms with E-state index in [1.54, 1.807) is 0 Å². The minimum atomic E-state index is 0.956. The zero-order valence-corrected chi connectivity index (χ0v) is 8.97. The fraction of sp³-hybridized carbons (Fsp3) is 0.583. The number of aldehydes is 1. The van der Waals surface area contributed by atoms with Crippen LogP contribution in [0.25, 0.3) is 0 Å². The van der Waals surface area contributed by atoms with Crippen molar-refractivity contribution < 1.29 is 4.79 Å². The number of hydrogen-bond acceptors (Lipinski definition) is 1. The van der Waals surface area contributed by atoms with Crippen LogP contribution in [-0.2, 0) is 26.3 Å². The van der Waals surface area contributed by atoms with Gasteiger partial charge in [-0.2, -0.15) is 0 Å². The quantitative estimate of drug-likeness (QED) is 0.657. The highest BCUT2D eigenvalue weighted by molar-refractivity contribution is 5.80. The fourth-order valence-electron chi connectivity index (χ4n) is 2.63. The van der Waals surface area contributed by atoms with Crippen LogP contribution in [0.5, 0.6) is 0 Å². The molecule has 0 saturated heterocycles. The Labute approximate surface area is 84.9 Å². The lowest BCUT2D eigenvalue weighted by Gasteiger charge is -2.13. The van der Waals surface area contributed by atoms with E-state index >= 15 is 0 Å². The van der Waals surface area contributed by atoms with Crippen molar-refractivity contribution >= 4 is 6.29 Å². The van der Waals surface area contributed by atoms with Gasteiger partial charge in [0.05, 0.1) is 0 Å². The highest BCUT2D eigenvalue weighted by Crippen LogP contribution is 2.28. The van der Waals surface area contributed by atoms with Gasteiger partial charge in [0.2, 0.25) is 0 Å². The summed E-state index contributed by atoms with van der Waals surface area (Å²) in [4.78, 5) is 11.1. The SMILES string of the molecule is CCc1c(C=O)c2c(n1C)CCCC2. The molecule has 1 aromatic rings. The van der Waals surface area contributed by atoms with Crippen molar-refractivity contribution in [3.8, 4) is 0 Å². The average molecular weight is 191 g/mol. The molecule has 0 bridgehead atoms. The highest BCUT2D eigenvalue weighted by Gasteiger charge is 2.21. The van der Waals surface area contributed by atoms with Gasteiger partial charge in [-0.15, -0.1) is 0 Å². The van der Waals surface area contributed by atoms with Gasteiger partial charge in [-0.3, -0.25) is 4.79 Å². The lowest BCUT2D eigenvalue weighted by atomic mass is 9.94. The standard InChI is InChI=1S/C12H17NO/c1-3-11-10(8-14)9-6-4-5-7-12(9)13(11)2/h8H,3-7H2,1-2H3. The number of nitrogens with zero attached hydrogens (tertiary/aromatic N) is 1. The van der Waals surface area contributed by atoms with Crippen molar-refractivity contribution in [2.45, 2.75) is 39.0 Å². The molecule has 14 heavy (non-hydrogen) atoms. The molecule has 0 radical (unpaired) electrons. The number of carbonyl (C=O) groups is 1. The summed E-state index contributed by atoms with van der Waals surface area (Å²) in [5.41, 5.74) is 4.91. The summed E-state index contributed by atoms with van der Waals surface area (Å²) >= 11 is 0. The van der Waals surface area contributed by atoms with Crippen LogP contribution in [0.3, 0.4) is 0 Å². The molecular formula is C12H17NO. The Kier molecular flexibility index (Phi) is 2.44. The molecule has 1 aromatic heterocycles. The van der Waals surface area contributed by atoms with E-state index in [1.165, 1.54) is 29.8 Å².